The second-order valence-corrected chi connectivity index (χ2v) is 2.71. The first-order chi connectivity index (χ1) is 4.74. The Morgan fingerprint density at radius 1 is 1.64 bits per heavy atom. The van der Waals surface area contributed by atoms with Crippen molar-refractivity contribution in [2.75, 3.05) is 6.61 Å². The molecule has 0 saturated carbocycles. The molecule has 0 bridgehead atoms. The van der Waals surface area contributed by atoms with E-state index < -0.39 is 6.04 Å². The van der Waals surface area contributed by atoms with Crippen LogP contribution in [-0.2, 0) is 0 Å². The molecule has 11 heavy (non-hydrogen) atoms. The first kappa shape index (κ1) is 11.0. The van der Waals surface area contributed by atoms with Gasteiger partial charge in [-0.25, -0.2) is 0 Å². The van der Waals surface area contributed by atoms with Crippen LogP contribution in [0.25, 0.3) is 0 Å². The molecule has 0 fully saturated rings. The third-order valence-corrected chi connectivity index (χ3v) is 1.58. The standard InChI is InChI=1S/C6H8BrNO2.ClH/c7-6-2-1-5(10-6)4(8)3-9;/h1-2,4,9H,3,8H2;1H/t4-;/m1./s1. The first-order valence-electron chi connectivity index (χ1n) is 2.85. The zero-order valence-electron chi connectivity index (χ0n) is 5.66. The van der Waals surface area contributed by atoms with Crippen molar-refractivity contribution in [3.8, 4) is 0 Å². The number of furan rings is 1. The van der Waals surface area contributed by atoms with Gasteiger partial charge in [-0.3, -0.25) is 0 Å². The van der Waals surface area contributed by atoms with Crippen molar-refractivity contribution in [1.82, 2.24) is 0 Å². The molecule has 0 aliphatic rings. The number of hydrogen-bond acceptors (Lipinski definition) is 3. The number of rotatable bonds is 2. The third kappa shape index (κ3) is 2.83. The highest BCUT2D eigenvalue weighted by Crippen LogP contribution is 2.18. The lowest BCUT2D eigenvalue weighted by molar-refractivity contribution is 0.250. The molecule has 0 aromatic carbocycles. The Bertz CT molecular complexity index is 216. The summed E-state index contributed by atoms with van der Waals surface area (Å²) in [6, 6.07) is 3.06. The van der Waals surface area contributed by atoms with Gasteiger partial charge in [0, 0.05) is 0 Å². The molecular formula is C6H9BrClNO2. The minimum Gasteiger partial charge on any atom is -0.453 e. The zero-order chi connectivity index (χ0) is 7.56. The van der Waals surface area contributed by atoms with Crippen LogP contribution in [0.1, 0.15) is 11.8 Å². The Kier molecular flexibility index (Phi) is 4.76. The number of hydrogen-bond donors (Lipinski definition) is 2. The monoisotopic (exact) mass is 241 g/mol. The van der Waals surface area contributed by atoms with Gasteiger partial charge in [0.15, 0.2) is 4.67 Å². The van der Waals surface area contributed by atoms with Crippen LogP contribution < -0.4 is 5.73 Å². The lowest BCUT2D eigenvalue weighted by atomic mass is 10.2. The predicted octanol–water partition coefficient (Wildman–Crippen LogP) is 1.46. The van der Waals surface area contributed by atoms with E-state index in [0.717, 1.165) is 0 Å². The van der Waals surface area contributed by atoms with Crippen LogP contribution >= 0.6 is 28.3 Å². The van der Waals surface area contributed by atoms with Crippen molar-refractivity contribution < 1.29 is 9.52 Å². The molecule has 0 saturated heterocycles. The molecule has 64 valence electrons. The molecule has 1 heterocycles. The Hall–Kier alpha value is -0.0300. The van der Waals surface area contributed by atoms with Gasteiger partial charge in [-0.1, -0.05) is 0 Å². The summed E-state index contributed by atoms with van der Waals surface area (Å²) in [5, 5.41) is 8.60. The van der Waals surface area contributed by atoms with Crippen molar-refractivity contribution in [3.05, 3.63) is 22.6 Å². The van der Waals surface area contributed by atoms with Gasteiger partial charge in [-0.15, -0.1) is 12.4 Å². The van der Waals surface area contributed by atoms with Gasteiger partial charge in [0.2, 0.25) is 0 Å². The Labute approximate surface area is 79.1 Å². The maximum Gasteiger partial charge on any atom is 0.169 e. The van der Waals surface area contributed by atoms with Crippen LogP contribution in [-0.4, -0.2) is 11.7 Å². The highest BCUT2D eigenvalue weighted by Gasteiger charge is 2.07. The molecule has 0 aliphatic carbocycles. The Balaban J connectivity index is 0.000001000. The molecule has 5 heteroatoms. The van der Waals surface area contributed by atoms with Crippen LogP contribution in [0.3, 0.4) is 0 Å². The van der Waals surface area contributed by atoms with E-state index >= 15 is 0 Å². The van der Waals surface area contributed by atoms with Crippen molar-refractivity contribution in [2.24, 2.45) is 5.73 Å². The molecule has 0 aliphatic heterocycles. The van der Waals surface area contributed by atoms with Crippen LogP contribution in [0, 0.1) is 0 Å². The molecular weight excluding hydrogens is 233 g/mol. The summed E-state index contributed by atoms with van der Waals surface area (Å²) >= 11 is 3.13. The molecule has 1 aromatic rings. The van der Waals surface area contributed by atoms with Crippen LogP contribution in [0.4, 0.5) is 0 Å². The largest absolute Gasteiger partial charge is 0.453 e. The minimum absolute atomic E-state index is 0. The molecule has 0 amide bonds. The van der Waals surface area contributed by atoms with Crippen molar-refractivity contribution in [1.29, 1.82) is 0 Å². The average molecular weight is 242 g/mol. The van der Waals surface area contributed by atoms with E-state index in [1.54, 1.807) is 12.1 Å². The van der Waals surface area contributed by atoms with Crippen molar-refractivity contribution >= 4 is 28.3 Å². The fourth-order valence-electron chi connectivity index (χ4n) is 0.618. The van der Waals surface area contributed by atoms with E-state index in [2.05, 4.69) is 15.9 Å². The first-order valence-corrected chi connectivity index (χ1v) is 3.65. The van der Waals surface area contributed by atoms with E-state index in [4.69, 9.17) is 15.3 Å². The van der Waals surface area contributed by atoms with Gasteiger partial charge in [-0.05, 0) is 28.1 Å². The maximum atomic E-state index is 8.60. The summed E-state index contributed by atoms with van der Waals surface area (Å²) in [5.41, 5.74) is 5.44. The summed E-state index contributed by atoms with van der Waals surface area (Å²) < 4.78 is 5.70. The molecule has 3 nitrogen and oxygen atoms in total. The topological polar surface area (TPSA) is 59.4 Å². The average Bonchev–Trinajstić information content (AvgIpc) is 2.34. The van der Waals surface area contributed by atoms with Gasteiger partial charge in [0.05, 0.1) is 12.6 Å². The molecule has 0 radical (unpaired) electrons. The van der Waals surface area contributed by atoms with Crippen LogP contribution in [0.15, 0.2) is 21.2 Å². The van der Waals surface area contributed by atoms with Gasteiger partial charge >= 0.3 is 0 Å². The van der Waals surface area contributed by atoms with Gasteiger partial charge in [0.1, 0.15) is 5.76 Å². The fraction of sp³-hybridized carbons (Fsp3) is 0.333. The van der Waals surface area contributed by atoms with Crippen LogP contribution in [0.2, 0.25) is 0 Å². The number of aliphatic hydroxyl groups is 1. The molecule has 0 spiro atoms. The summed E-state index contributed by atoms with van der Waals surface area (Å²) in [6.07, 6.45) is 0. The molecule has 3 N–H and O–H groups in total. The van der Waals surface area contributed by atoms with E-state index in [-0.39, 0.29) is 19.0 Å². The quantitative estimate of drug-likeness (QED) is 0.825. The van der Waals surface area contributed by atoms with Crippen LogP contribution in [0.5, 0.6) is 0 Å². The maximum absolute atomic E-state index is 8.60. The second-order valence-electron chi connectivity index (χ2n) is 1.93. The zero-order valence-corrected chi connectivity index (χ0v) is 8.06. The minimum atomic E-state index is -0.411. The molecule has 1 atom stereocenters. The van der Waals surface area contributed by atoms with E-state index in [9.17, 15) is 0 Å². The predicted molar refractivity (Wildman–Crippen MR) is 47.7 cm³/mol. The van der Waals surface area contributed by atoms with Crippen molar-refractivity contribution in [2.45, 2.75) is 6.04 Å². The third-order valence-electron chi connectivity index (χ3n) is 1.16. The normalized spacial score (nSPS) is 12.3. The fourth-order valence-corrected chi connectivity index (χ4v) is 0.937. The SMILES string of the molecule is Cl.N[C@H](CO)c1ccc(Br)o1. The number of halogens is 2. The lowest BCUT2D eigenvalue weighted by Gasteiger charge is -2.01. The van der Waals surface area contributed by atoms with E-state index in [1.165, 1.54) is 0 Å². The Morgan fingerprint density at radius 3 is 2.64 bits per heavy atom. The molecule has 1 rings (SSSR count). The van der Waals surface area contributed by atoms with Gasteiger partial charge in [-0.2, -0.15) is 0 Å². The van der Waals surface area contributed by atoms with E-state index in [1.807, 2.05) is 0 Å². The highest BCUT2D eigenvalue weighted by molar-refractivity contribution is 9.10. The molecule has 1 aromatic heterocycles. The van der Waals surface area contributed by atoms with Gasteiger partial charge < -0.3 is 15.3 Å². The summed E-state index contributed by atoms with van der Waals surface area (Å²) in [5.74, 6) is 0.592. The summed E-state index contributed by atoms with van der Waals surface area (Å²) in [4.78, 5) is 0. The smallest absolute Gasteiger partial charge is 0.169 e. The Morgan fingerprint density at radius 2 is 2.27 bits per heavy atom. The summed E-state index contributed by atoms with van der Waals surface area (Å²) in [6.45, 7) is -0.0973. The molecule has 0 unspecified atom stereocenters. The highest BCUT2D eigenvalue weighted by atomic mass is 79.9. The van der Waals surface area contributed by atoms with E-state index in [0.29, 0.717) is 10.4 Å². The number of nitrogens with two attached hydrogens (primary N) is 1. The summed E-state index contributed by atoms with van der Waals surface area (Å²) in [7, 11) is 0. The lowest BCUT2D eigenvalue weighted by Crippen LogP contribution is -2.13. The van der Waals surface area contributed by atoms with Gasteiger partial charge in [0.25, 0.3) is 0 Å². The van der Waals surface area contributed by atoms with Crippen molar-refractivity contribution in [3.63, 3.8) is 0 Å². The number of aliphatic hydroxyl groups excluding tert-OH is 1. The second kappa shape index (κ2) is 4.77.